The Morgan fingerprint density at radius 3 is 2.38 bits per heavy atom. The zero-order chi connectivity index (χ0) is 20.6. The summed E-state index contributed by atoms with van der Waals surface area (Å²) in [5.74, 6) is 0.0577. The molecule has 1 saturated heterocycles. The van der Waals surface area contributed by atoms with Gasteiger partial charge in [-0.2, -0.15) is 0 Å². The molecule has 1 fully saturated rings. The van der Waals surface area contributed by atoms with Gasteiger partial charge >= 0.3 is 0 Å². The highest BCUT2D eigenvalue weighted by Gasteiger charge is 2.27. The van der Waals surface area contributed by atoms with Crippen molar-refractivity contribution in [3.05, 3.63) is 76.3 Å². The molecule has 0 saturated carbocycles. The van der Waals surface area contributed by atoms with Crippen molar-refractivity contribution >= 4 is 33.8 Å². The zero-order valence-electron chi connectivity index (χ0n) is 16.7. The van der Waals surface area contributed by atoms with Crippen LogP contribution >= 0.6 is 15.9 Å². The van der Waals surface area contributed by atoms with Gasteiger partial charge in [-0.15, -0.1) is 0 Å². The number of nitrogens with one attached hydrogen (secondary N) is 1. The molecule has 1 heterocycles. The minimum Gasteiger partial charge on any atom is -0.349 e. The first kappa shape index (κ1) is 21.3. The van der Waals surface area contributed by atoms with Gasteiger partial charge in [0, 0.05) is 29.6 Å². The maximum Gasteiger partial charge on any atom is 0.246 e. The molecule has 1 atom stereocenters. The summed E-state index contributed by atoms with van der Waals surface area (Å²) in [5.41, 5.74) is 2.12. The van der Waals surface area contributed by atoms with Crippen molar-refractivity contribution in [2.75, 3.05) is 13.1 Å². The van der Waals surface area contributed by atoms with Crippen LogP contribution in [0.3, 0.4) is 0 Å². The quantitative estimate of drug-likeness (QED) is 0.626. The van der Waals surface area contributed by atoms with Crippen LogP contribution in [0.1, 0.15) is 43.4 Å². The largest absolute Gasteiger partial charge is 0.349 e. The molecule has 2 amide bonds. The van der Waals surface area contributed by atoms with E-state index < -0.39 is 0 Å². The first-order valence-corrected chi connectivity index (χ1v) is 10.9. The molecular formula is C24H27BrN2O2. The second kappa shape index (κ2) is 10.4. The van der Waals surface area contributed by atoms with Gasteiger partial charge in [0.1, 0.15) is 0 Å². The first-order chi connectivity index (χ1) is 14.1. The maximum absolute atomic E-state index is 12.8. The van der Waals surface area contributed by atoms with Gasteiger partial charge in [0.15, 0.2) is 0 Å². The number of hydrogen-bond acceptors (Lipinski definition) is 2. The molecule has 2 aromatic rings. The van der Waals surface area contributed by atoms with E-state index in [1.807, 2.05) is 65.6 Å². The van der Waals surface area contributed by atoms with Gasteiger partial charge < -0.3 is 10.2 Å². The number of benzene rings is 2. The fourth-order valence-electron chi connectivity index (χ4n) is 3.60. The Labute approximate surface area is 181 Å². The Hall–Kier alpha value is -2.40. The predicted molar refractivity (Wildman–Crippen MR) is 120 cm³/mol. The van der Waals surface area contributed by atoms with Crippen LogP contribution in [-0.4, -0.2) is 29.8 Å². The fraction of sp³-hybridized carbons (Fsp3) is 0.333. The topological polar surface area (TPSA) is 49.4 Å². The van der Waals surface area contributed by atoms with Crippen LogP contribution in [0.15, 0.2) is 65.1 Å². The van der Waals surface area contributed by atoms with E-state index >= 15 is 0 Å². The van der Waals surface area contributed by atoms with Crippen LogP contribution in [0, 0.1) is 5.92 Å². The van der Waals surface area contributed by atoms with E-state index in [2.05, 4.69) is 28.2 Å². The van der Waals surface area contributed by atoms with Crippen molar-refractivity contribution in [2.24, 2.45) is 5.92 Å². The molecule has 0 aliphatic carbocycles. The Kier molecular flexibility index (Phi) is 7.64. The van der Waals surface area contributed by atoms with Crippen LogP contribution < -0.4 is 5.32 Å². The number of nitrogens with zero attached hydrogens (tertiary/aromatic N) is 1. The van der Waals surface area contributed by atoms with Gasteiger partial charge in [-0.25, -0.2) is 0 Å². The summed E-state index contributed by atoms with van der Waals surface area (Å²) in [5, 5.41) is 3.19. The van der Waals surface area contributed by atoms with E-state index in [0.717, 1.165) is 22.0 Å². The number of carbonyl (C=O) groups is 2. The average molecular weight is 455 g/mol. The molecule has 3 rings (SSSR count). The number of carbonyl (C=O) groups excluding carboxylic acids is 2. The summed E-state index contributed by atoms with van der Waals surface area (Å²) in [6.07, 6.45) is 5.71. The molecule has 1 aliphatic heterocycles. The van der Waals surface area contributed by atoms with Crippen LogP contribution in [0.2, 0.25) is 0 Å². The normalized spacial score (nSPS) is 16.0. The molecule has 1 unspecified atom stereocenters. The number of halogens is 1. The van der Waals surface area contributed by atoms with Gasteiger partial charge in [0.25, 0.3) is 0 Å². The second-order valence-corrected chi connectivity index (χ2v) is 8.28. The average Bonchev–Trinajstić information content (AvgIpc) is 2.77. The summed E-state index contributed by atoms with van der Waals surface area (Å²) in [6, 6.07) is 17.9. The molecule has 5 heteroatoms. The predicted octanol–water partition coefficient (Wildman–Crippen LogP) is 4.97. The molecule has 0 bridgehead atoms. The van der Waals surface area contributed by atoms with E-state index in [-0.39, 0.29) is 23.8 Å². The molecule has 0 spiro atoms. The molecule has 29 heavy (non-hydrogen) atoms. The summed E-state index contributed by atoms with van der Waals surface area (Å²) >= 11 is 3.45. The Balaban J connectivity index is 1.50. The van der Waals surface area contributed by atoms with Gasteiger partial charge in [0.2, 0.25) is 11.8 Å². The third kappa shape index (κ3) is 6.04. The van der Waals surface area contributed by atoms with Crippen LogP contribution in [-0.2, 0) is 9.59 Å². The van der Waals surface area contributed by atoms with Gasteiger partial charge in [-0.1, -0.05) is 65.3 Å². The van der Waals surface area contributed by atoms with E-state index in [0.29, 0.717) is 25.9 Å². The number of rotatable bonds is 6. The van der Waals surface area contributed by atoms with E-state index in [1.165, 1.54) is 0 Å². The highest BCUT2D eigenvalue weighted by Crippen LogP contribution is 2.23. The molecule has 0 aromatic heterocycles. The number of likely N-dealkylation sites (tertiary alicyclic amines) is 1. The van der Waals surface area contributed by atoms with E-state index in [9.17, 15) is 9.59 Å². The SMILES string of the molecule is CCC(NC(=O)C1CCN(C(=O)C=Cc2ccccc2)CC1)c1ccc(Br)cc1. The van der Waals surface area contributed by atoms with Gasteiger partial charge in [-0.3, -0.25) is 9.59 Å². The Bertz CT molecular complexity index is 841. The molecule has 1 aliphatic rings. The number of hydrogen-bond donors (Lipinski definition) is 1. The van der Waals surface area contributed by atoms with Crippen LogP contribution in [0.5, 0.6) is 0 Å². The fourth-order valence-corrected chi connectivity index (χ4v) is 3.87. The van der Waals surface area contributed by atoms with Crippen molar-refractivity contribution in [1.29, 1.82) is 0 Å². The molecular weight excluding hydrogens is 428 g/mol. The highest BCUT2D eigenvalue weighted by molar-refractivity contribution is 9.10. The lowest BCUT2D eigenvalue weighted by Crippen LogP contribution is -2.43. The molecule has 152 valence electrons. The lowest BCUT2D eigenvalue weighted by molar-refractivity contribution is -0.132. The summed E-state index contributed by atoms with van der Waals surface area (Å²) in [7, 11) is 0. The lowest BCUT2D eigenvalue weighted by Gasteiger charge is -2.31. The van der Waals surface area contributed by atoms with Crippen molar-refractivity contribution in [3.8, 4) is 0 Å². The van der Waals surface area contributed by atoms with Crippen molar-refractivity contribution in [2.45, 2.75) is 32.2 Å². The minimum atomic E-state index is -0.0401. The third-order valence-corrected chi connectivity index (χ3v) is 5.92. The van der Waals surface area contributed by atoms with Crippen molar-refractivity contribution < 1.29 is 9.59 Å². The third-order valence-electron chi connectivity index (χ3n) is 5.39. The smallest absolute Gasteiger partial charge is 0.246 e. The summed E-state index contributed by atoms with van der Waals surface area (Å²) in [6.45, 7) is 3.31. The van der Waals surface area contributed by atoms with Crippen molar-refractivity contribution in [3.63, 3.8) is 0 Å². The maximum atomic E-state index is 12.8. The van der Waals surface area contributed by atoms with Gasteiger partial charge in [-0.05, 0) is 48.6 Å². The molecule has 0 radical (unpaired) electrons. The second-order valence-electron chi connectivity index (χ2n) is 7.36. The molecule has 2 aromatic carbocycles. The Morgan fingerprint density at radius 2 is 1.76 bits per heavy atom. The standard InChI is InChI=1S/C24H27BrN2O2/c1-2-22(19-9-11-21(25)12-10-19)26-24(29)20-14-16-27(17-15-20)23(28)13-8-18-6-4-3-5-7-18/h3-13,20,22H,2,14-17H2,1H3,(H,26,29). The summed E-state index contributed by atoms with van der Waals surface area (Å²) in [4.78, 5) is 27.0. The van der Waals surface area contributed by atoms with Crippen LogP contribution in [0.4, 0.5) is 0 Å². The number of amides is 2. The number of piperidine rings is 1. The first-order valence-electron chi connectivity index (χ1n) is 10.1. The molecule has 4 nitrogen and oxygen atoms in total. The summed E-state index contributed by atoms with van der Waals surface area (Å²) < 4.78 is 1.03. The van der Waals surface area contributed by atoms with E-state index in [4.69, 9.17) is 0 Å². The highest BCUT2D eigenvalue weighted by atomic mass is 79.9. The molecule has 1 N–H and O–H groups in total. The van der Waals surface area contributed by atoms with Crippen LogP contribution in [0.25, 0.3) is 6.08 Å². The Morgan fingerprint density at radius 1 is 1.10 bits per heavy atom. The lowest BCUT2D eigenvalue weighted by atomic mass is 9.94. The monoisotopic (exact) mass is 454 g/mol. The minimum absolute atomic E-state index is 0.00834. The zero-order valence-corrected chi connectivity index (χ0v) is 18.3. The van der Waals surface area contributed by atoms with Gasteiger partial charge in [0.05, 0.1) is 6.04 Å². The van der Waals surface area contributed by atoms with Crippen molar-refractivity contribution in [1.82, 2.24) is 10.2 Å². The van der Waals surface area contributed by atoms with E-state index in [1.54, 1.807) is 6.08 Å².